The number of fused-ring (bicyclic) bond motifs is 1. The predicted molar refractivity (Wildman–Crippen MR) is 91.0 cm³/mol. The Morgan fingerprint density at radius 1 is 1.29 bits per heavy atom. The van der Waals surface area contributed by atoms with Crippen molar-refractivity contribution >= 4 is 11.0 Å². The van der Waals surface area contributed by atoms with Crippen molar-refractivity contribution in [2.24, 2.45) is 0 Å². The minimum absolute atomic E-state index is 0.113. The van der Waals surface area contributed by atoms with Gasteiger partial charge in [0.1, 0.15) is 17.9 Å². The fourth-order valence-corrected chi connectivity index (χ4v) is 2.45. The van der Waals surface area contributed by atoms with Crippen LogP contribution in [0.1, 0.15) is 39.5 Å². The van der Waals surface area contributed by atoms with Gasteiger partial charge in [-0.25, -0.2) is 4.79 Å². The summed E-state index contributed by atoms with van der Waals surface area (Å²) in [6.45, 7) is 4.09. The Bertz CT molecular complexity index is 721. The third kappa shape index (κ3) is 4.20. The molecule has 0 saturated heterocycles. The molecule has 1 aromatic heterocycles. The van der Waals surface area contributed by atoms with Crippen LogP contribution in [0.3, 0.4) is 0 Å². The van der Waals surface area contributed by atoms with E-state index in [0.717, 1.165) is 25.7 Å². The number of hydrogen-bond acceptors (Lipinski definition) is 6. The number of aromatic hydroxyl groups is 1. The van der Waals surface area contributed by atoms with Crippen molar-refractivity contribution < 1.29 is 24.1 Å². The molecule has 24 heavy (non-hydrogen) atoms. The van der Waals surface area contributed by atoms with Gasteiger partial charge in [-0.3, -0.25) is 0 Å². The molecule has 0 aliphatic rings. The average Bonchev–Trinajstić information content (AvgIpc) is 2.59. The maximum atomic E-state index is 12.1. The van der Waals surface area contributed by atoms with Crippen LogP contribution in [0.25, 0.3) is 11.0 Å². The lowest BCUT2D eigenvalue weighted by Gasteiger charge is -2.17. The number of aliphatic hydroxyl groups excluding tert-OH is 1. The summed E-state index contributed by atoms with van der Waals surface area (Å²) in [6.07, 6.45) is 3.41. The van der Waals surface area contributed by atoms with Gasteiger partial charge < -0.3 is 24.1 Å². The van der Waals surface area contributed by atoms with E-state index in [2.05, 4.69) is 6.92 Å². The van der Waals surface area contributed by atoms with E-state index in [9.17, 15) is 9.90 Å². The Kier molecular flexibility index (Phi) is 6.49. The average molecular weight is 336 g/mol. The Hall–Kier alpha value is -2.21. The molecular formula is C18H24O6. The number of benzene rings is 1. The van der Waals surface area contributed by atoms with Crippen molar-refractivity contribution in [3.63, 3.8) is 0 Å². The fourth-order valence-electron chi connectivity index (χ4n) is 2.45. The molecular weight excluding hydrogens is 312 g/mol. The molecule has 1 unspecified atom stereocenters. The summed E-state index contributed by atoms with van der Waals surface area (Å²) in [6, 6.07) is 4.71. The Labute approximate surface area is 140 Å². The van der Waals surface area contributed by atoms with Crippen molar-refractivity contribution in [3.05, 3.63) is 28.6 Å². The molecule has 0 fully saturated rings. The van der Waals surface area contributed by atoms with E-state index >= 15 is 0 Å². The van der Waals surface area contributed by atoms with Gasteiger partial charge in [-0.15, -0.1) is 0 Å². The van der Waals surface area contributed by atoms with E-state index in [1.165, 1.54) is 0 Å². The minimum Gasteiger partial charge on any atom is -0.504 e. The van der Waals surface area contributed by atoms with Gasteiger partial charge in [-0.05, 0) is 31.0 Å². The normalized spacial score (nSPS) is 12.3. The quantitative estimate of drug-likeness (QED) is 0.684. The zero-order valence-electron chi connectivity index (χ0n) is 14.1. The first-order chi connectivity index (χ1) is 11.6. The molecule has 0 aliphatic heterocycles. The first-order valence-corrected chi connectivity index (χ1v) is 8.30. The number of rotatable bonds is 9. The lowest BCUT2D eigenvalue weighted by molar-refractivity contribution is 0.170. The zero-order chi connectivity index (χ0) is 17.5. The molecule has 6 nitrogen and oxygen atoms in total. The Balaban J connectivity index is 2.36. The summed E-state index contributed by atoms with van der Waals surface area (Å²) in [7, 11) is 0. The number of hydrogen-bond donors (Lipinski definition) is 2. The Morgan fingerprint density at radius 2 is 2.08 bits per heavy atom. The molecule has 2 aromatic rings. The summed E-state index contributed by atoms with van der Waals surface area (Å²) in [4.78, 5) is 12.1. The summed E-state index contributed by atoms with van der Waals surface area (Å²) < 4.78 is 16.3. The molecule has 0 saturated carbocycles. The molecule has 2 rings (SSSR count). The van der Waals surface area contributed by atoms with Crippen LogP contribution < -0.4 is 15.1 Å². The van der Waals surface area contributed by atoms with E-state index in [-0.39, 0.29) is 36.4 Å². The molecule has 1 aromatic carbocycles. The first kappa shape index (κ1) is 18.1. The number of ether oxygens (including phenoxy) is 2. The molecule has 6 heteroatoms. The first-order valence-electron chi connectivity index (χ1n) is 8.30. The topological polar surface area (TPSA) is 89.1 Å². The van der Waals surface area contributed by atoms with Crippen LogP contribution in [0.2, 0.25) is 0 Å². The van der Waals surface area contributed by atoms with Crippen molar-refractivity contribution in [1.82, 2.24) is 0 Å². The highest BCUT2D eigenvalue weighted by Crippen LogP contribution is 2.34. The SMILES string of the molecule is CCCCC(CC)Oc1c(O)c2cc(OCCO)ccc2oc1=O. The summed E-state index contributed by atoms with van der Waals surface area (Å²) >= 11 is 0. The molecule has 132 valence electrons. The summed E-state index contributed by atoms with van der Waals surface area (Å²) in [5.41, 5.74) is -0.443. The number of aliphatic hydroxyl groups is 1. The van der Waals surface area contributed by atoms with Gasteiger partial charge in [0.15, 0.2) is 5.75 Å². The van der Waals surface area contributed by atoms with Gasteiger partial charge in [0.05, 0.1) is 18.1 Å². The minimum atomic E-state index is -0.695. The monoisotopic (exact) mass is 336 g/mol. The highest BCUT2D eigenvalue weighted by Gasteiger charge is 2.19. The summed E-state index contributed by atoms with van der Waals surface area (Å²) in [5.74, 6) is 0.0556. The van der Waals surface area contributed by atoms with Gasteiger partial charge in [-0.1, -0.05) is 26.7 Å². The molecule has 0 aliphatic carbocycles. The molecule has 1 atom stereocenters. The zero-order valence-corrected chi connectivity index (χ0v) is 14.1. The van der Waals surface area contributed by atoms with Crippen LogP contribution in [0.4, 0.5) is 0 Å². The van der Waals surface area contributed by atoms with E-state index in [1.807, 2.05) is 6.92 Å². The smallest absolute Gasteiger partial charge is 0.383 e. The van der Waals surface area contributed by atoms with Crippen LogP contribution in [-0.2, 0) is 0 Å². The van der Waals surface area contributed by atoms with E-state index < -0.39 is 5.63 Å². The standard InChI is InChI=1S/C18H24O6/c1-3-5-6-12(4-2)23-17-16(20)14-11-13(22-10-9-19)7-8-15(14)24-18(17)21/h7-8,11-12,19-20H,3-6,9-10H2,1-2H3. The van der Waals surface area contributed by atoms with Crippen molar-refractivity contribution in [3.8, 4) is 17.2 Å². The third-order valence-electron chi connectivity index (χ3n) is 3.79. The van der Waals surface area contributed by atoms with Gasteiger partial charge >= 0.3 is 5.63 Å². The maximum absolute atomic E-state index is 12.1. The van der Waals surface area contributed by atoms with E-state index in [4.69, 9.17) is 19.0 Å². The predicted octanol–water partition coefficient (Wildman–Crippen LogP) is 3.22. The van der Waals surface area contributed by atoms with Crippen LogP contribution in [-0.4, -0.2) is 29.5 Å². The second kappa shape index (κ2) is 8.59. The third-order valence-corrected chi connectivity index (χ3v) is 3.79. The van der Waals surface area contributed by atoms with Crippen molar-refractivity contribution in [2.45, 2.75) is 45.6 Å². The largest absolute Gasteiger partial charge is 0.504 e. The molecule has 0 spiro atoms. The van der Waals surface area contributed by atoms with Crippen LogP contribution in [0.5, 0.6) is 17.2 Å². The van der Waals surface area contributed by atoms with Crippen LogP contribution in [0, 0.1) is 0 Å². The van der Waals surface area contributed by atoms with Crippen molar-refractivity contribution in [1.29, 1.82) is 0 Å². The van der Waals surface area contributed by atoms with Crippen molar-refractivity contribution in [2.75, 3.05) is 13.2 Å². The second-order valence-corrected chi connectivity index (χ2v) is 5.59. The molecule has 0 amide bonds. The maximum Gasteiger partial charge on any atom is 0.383 e. The highest BCUT2D eigenvalue weighted by molar-refractivity contribution is 5.86. The number of unbranched alkanes of at least 4 members (excludes halogenated alkanes) is 1. The molecule has 0 radical (unpaired) electrons. The van der Waals surface area contributed by atoms with Crippen LogP contribution in [0.15, 0.2) is 27.4 Å². The summed E-state index contributed by atoms with van der Waals surface area (Å²) in [5, 5.41) is 19.6. The highest BCUT2D eigenvalue weighted by atomic mass is 16.5. The van der Waals surface area contributed by atoms with Gasteiger partial charge in [-0.2, -0.15) is 0 Å². The van der Waals surface area contributed by atoms with Crippen LogP contribution >= 0.6 is 0 Å². The Morgan fingerprint density at radius 3 is 2.75 bits per heavy atom. The van der Waals surface area contributed by atoms with E-state index in [0.29, 0.717) is 11.1 Å². The lowest BCUT2D eigenvalue weighted by Crippen LogP contribution is -2.19. The fraction of sp³-hybridized carbons (Fsp3) is 0.500. The molecule has 0 bridgehead atoms. The molecule has 1 heterocycles. The van der Waals surface area contributed by atoms with E-state index in [1.54, 1.807) is 18.2 Å². The molecule has 2 N–H and O–H groups in total. The lowest BCUT2D eigenvalue weighted by atomic mass is 10.1. The van der Waals surface area contributed by atoms with Gasteiger partial charge in [0.2, 0.25) is 5.75 Å². The van der Waals surface area contributed by atoms with Gasteiger partial charge in [0.25, 0.3) is 0 Å². The second-order valence-electron chi connectivity index (χ2n) is 5.59. The van der Waals surface area contributed by atoms with Gasteiger partial charge in [0, 0.05) is 0 Å².